The van der Waals surface area contributed by atoms with Gasteiger partial charge in [0.25, 0.3) is 0 Å². The molecule has 1 saturated heterocycles. The molecule has 2 aliphatic rings. The van der Waals surface area contributed by atoms with Gasteiger partial charge in [-0.05, 0) is 31.7 Å². The Morgan fingerprint density at radius 2 is 2.33 bits per heavy atom. The minimum atomic E-state index is -0.0282. The molecule has 0 aromatic rings. The van der Waals surface area contributed by atoms with Crippen LogP contribution in [0.1, 0.15) is 26.2 Å². The molecule has 2 rings (SSSR count). The van der Waals surface area contributed by atoms with E-state index in [1.807, 2.05) is 0 Å². The second-order valence-electron chi connectivity index (χ2n) is 5.07. The van der Waals surface area contributed by atoms with Crippen molar-refractivity contribution in [1.82, 2.24) is 10.6 Å². The van der Waals surface area contributed by atoms with Gasteiger partial charge in [0.15, 0.2) is 0 Å². The zero-order chi connectivity index (χ0) is 10.9. The zero-order valence-electron chi connectivity index (χ0n) is 9.25. The maximum absolute atomic E-state index is 11.8. The highest BCUT2D eigenvalue weighted by Gasteiger charge is 2.42. The van der Waals surface area contributed by atoms with E-state index in [1.54, 1.807) is 0 Å². The van der Waals surface area contributed by atoms with Crippen LogP contribution in [0.25, 0.3) is 0 Å². The van der Waals surface area contributed by atoms with E-state index in [9.17, 15) is 4.79 Å². The number of hydrogen-bond donors (Lipinski definition) is 3. The molecule has 2 atom stereocenters. The molecule has 0 radical (unpaired) electrons. The van der Waals surface area contributed by atoms with Crippen LogP contribution < -0.4 is 10.6 Å². The molecule has 4 heteroatoms. The van der Waals surface area contributed by atoms with E-state index in [2.05, 4.69) is 17.6 Å². The Morgan fingerprint density at radius 3 is 2.80 bits per heavy atom. The van der Waals surface area contributed by atoms with Crippen LogP contribution in [0.15, 0.2) is 0 Å². The summed E-state index contributed by atoms with van der Waals surface area (Å²) in [5.74, 6) is 0.522. The number of hydrogen-bond acceptors (Lipinski definition) is 3. The van der Waals surface area contributed by atoms with Crippen molar-refractivity contribution < 1.29 is 9.90 Å². The summed E-state index contributed by atoms with van der Waals surface area (Å²) in [6.45, 7) is 3.86. The standard InChI is InChI=1S/C11H20N2O2/c1-8-2-5-12-9(8)10(15)13-6-11(7-14)3-4-11/h8-9,12,14H,2-7H2,1H3,(H,13,15). The number of carbonyl (C=O) groups excluding carboxylic acids is 1. The molecular weight excluding hydrogens is 192 g/mol. The van der Waals surface area contributed by atoms with Gasteiger partial charge in [-0.2, -0.15) is 0 Å². The van der Waals surface area contributed by atoms with Crippen LogP contribution in [0, 0.1) is 11.3 Å². The molecule has 86 valence electrons. The summed E-state index contributed by atoms with van der Waals surface area (Å²) >= 11 is 0. The molecule has 1 aliphatic carbocycles. The lowest BCUT2D eigenvalue weighted by atomic mass is 10.0. The maximum atomic E-state index is 11.8. The van der Waals surface area contributed by atoms with E-state index in [0.29, 0.717) is 12.5 Å². The summed E-state index contributed by atoms with van der Waals surface area (Å²) in [6, 6.07) is -0.0282. The summed E-state index contributed by atoms with van der Waals surface area (Å²) in [4.78, 5) is 11.8. The molecule has 1 amide bonds. The summed E-state index contributed by atoms with van der Waals surface area (Å²) in [5, 5.41) is 15.3. The van der Waals surface area contributed by atoms with E-state index in [0.717, 1.165) is 25.8 Å². The Hall–Kier alpha value is -0.610. The molecule has 0 aromatic carbocycles. The van der Waals surface area contributed by atoms with Crippen molar-refractivity contribution in [2.75, 3.05) is 19.7 Å². The largest absolute Gasteiger partial charge is 0.396 e. The lowest BCUT2D eigenvalue weighted by molar-refractivity contribution is -0.123. The average Bonchev–Trinajstić information content (AvgIpc) is 2.91. The van der Waals surface area contributed by atoms with Gasteiger partial charge in [-0.15, -0.1) is 0 Å². The Bertz CT molecular complexity index is 251. The molecule has 15 heavy (non-hydrogen) atoms. The molecule has 0 bridgehead atoms. The van der Waals surface area contributed by atoms with Crippen molar-refractivity contribution in [2.24, 2.45) is 11.3 Å². The summed E-state index contributed by atoms with van der Waals surface area (Å²) in [5.41, 5.74) is 0.0114. The van der Waals surface area contributed by atoms with Crippen LogP contribution in [-0.4, -0.2) is 36.8 Å². The Kier molecular flexibility index (Phi) is 2.98. The van der Waals surface area contributed by atoms with Gasteiger partial charge in [0, 0.05) is 12.0 Å². The molecule has 1 heterocycles. The lowest BCUT2D eigenvalue weighted by Crippen LogP contribution is -2.45. The Labute approximate surface area is 90.4 Å². The highest BCUT2D eigenvalue weighted by atomic mass is 16.3. The van der Waals surface area contributed by atoms with E-state index < -0.39 is 0 Å². The second kappa shape index (κ2) is 4.10. The van der Waals surface area contributed by atoms with E-state index in [1.165, 1.54) is 0 Å². The van der Waals surface area contributed by atoms with Gasteiger partial charge in [0.05, 0.1) is 12.6 Å². The highest BCUT2D eigenvalue weighted by Crippen LogP contribution is 2.44. The minimum Gasteiger partial charge on any atom is -0.396 e. The first kappa shape index (κ1) is 10.9. The average molecular weight is 212 g/mol. The molecule has 0 spiro atoms. The number of aliphatic hydroxyl groups is 1. The van der Waals surface area contributed by atoms with Gasteiger partial charge >= 0.3 is 0 Å². The van der Waals surface area contributed by atoms with Gasteiger partial charge in [0.1, 0.15) is 0 Å². The van der Waals surface area contributed by atoms with Crippen molar-refractivity contribution in [1.29, 1.82) is 0 Å². The summed E-state index contributed by atoms with van der Waals surface area (Å²) < 4.78 is 0. The van der Waals surface area contributed by atoms with Gasteiger partial charge in [0.2, 0.25) is 5.91 Å². The fourth-order valence-electron chi connectivity index (χ4n) is 2.14. The minimum absolute atomic E-state index is 0.0114. The molecule has 2 fully saturated rings. The third-order valence-electron chi connectivity index (χ3n) is 3.75. The quantitative estimate of drug-likeness (QED) is 0.608. The zero-order valence-corrected chi connectivity index (χ0v) is 9.25. The van der Waals surface area contributed by atoms with Gasteiger partial charge < -0.3 is 15.7 Å². The van der Waals surface area contributed by atoms with Gasteiger partial charge in [-0.3, -0.25) is 4.79 Å². The fourth-order valence-corrected chi connectivity index (χ4v) is 2.14. The number of nitrogens with one attached hydrogen (secondary N) is 2. The number of amides is 1. The Balaban J connectivity index is 1.77. The van der Waals surface area contributed by atoms with Crippen molar-refractivity contribution in [3.63, 3.8) is 0 Å². The number of rotatable bonds is 4. The first-order chi connectivity index (χ1) is 7.17. The van der Waals surface area contributed by atoms with E-state index >= 15 is 0 Å². The highest BCUT2D eigenvalue weighted by molar-refractivity contribution is 5.82. The predicted octanol–water partition coefficient (Wildman–Crippen LogP) is -0.127. The third-order valence-corrected chi connectivity index (χ3v) is 3.75. The van der Waals surface area contributed by atoms with Crippen LogP contribution >= 0.6 is 0 Å². The smallest absolute Gasteiger partial charge is 0.237 e. The second-order valence-corrected chi connectivity index (χ2v) is 5.07. The normalized spacial score (nSPS) is 32.7. The molecule has 0 aromatic heterocycles. The predicted molar refractivity (Wildman–Crippen MR) is 57.3 cm³/mol. The lowest BCUT2D eigenvalue weighted by Gasteiger charge is -2.18. The molecular formula is C11H20N2O2. The molecule has 4 nitrogen and oxygen atoms in total. The van der Waals surface area contributed by atoms with Crippen molar-refractivity contribution >= 4 is 5.91 Å². The van der Waals surface area contributed by atoms with E-state index in [-0.39, 0.29) is 24.0 Å². The first-order valence-electron chi connectivity index (χ1n) is 5.79. The van der Waals surface area contributed by atoms with Gasteiger partial charge in [-0.25, -0.2) is 0 Å². The van der Waals surface area contributed by atoms with Gasteiger partial charge in [-0.1, -0.05) is 6.92 Å². The maximum Gasteiger partial charge on any atom is 0.237 e. The monoisotopic (exact) mass is 212 g/mol. The molecule has 1 saturated carbocycles. The van der Waals surface area contributed by atoms with Crippen LogP contribution in [0.5, 0.6) is 0 Å². The number of carbonyl (C=O) groups is 1. The van der Waals surface area contributed by atoms with E-state index in [4.69, 9.17) is 5.11 Å². The van der Waals surface area contributed by atoms with Crippen LogP contribution in [0.3, 0.4) is 0 Å². The molecule has 1 aliphatic heterocycles. The van der Waals surface area contributed by atoms with Crippen molar-refractivity contribution in [3.8, 4) is 0 Å². The molecule has 3 N–H and O–H groups in total. The van der Waals surface area contributed by atoms with Crippen LogP contribution in [0.2, 0.25) is 0 Å². The molecule has 2 unspecified atom stereocenters. The van der Waals surface area contributed by atoms with Crippen molar-refractivity contribution in [3.05, 3.63) is 0 Å². The Morgan fingerprint density at radius 1 is 1.60 bits per heavy atom. The first-order valence-corrected chi connectivity index (χ1v) is 5.79. The summed E-state index contributed by atoms with van der Waals surface area (Å²) in [6.07, 6.45) is 3.15. The fraction of sp³-hybridized carbons (Fsp3) is 0.909. The SMILES string of the molecule is CC1CCNC1C(=O)NCC1(CO)CC1. The number of aliphatic hydroxyl groups excluding tert-OH is 1. The van der Waals surface area contributed by atoms with Crippen molar-refractivity contribution in [2.45, 2.75) is 32.2 Å². The topological polar surface area (TPSA) is 61.4 Å². The third kappa shape index (κ3) is 2.32. The van der Waals surface area contributed by atoms with Crippen LogP contribution in [0.4, 0.5) is 0 Å². The summed E-state index contributed by atoms with van der Waals surface area (Å²) in [7, 11) is 0. The van der Waals surface area contributed by atoms with Crippen LogP contribution in [-0.2, 0) is 4.79 Å².